The van der Waals surface area contributed by atoms with Crippen molar-refractivity contribution in [1.82, 2.24) is 19.7 Å². The second-order valence-electron chi connectivity index (χ2n) is 7.53. The minimum absolute atomic E-state index is 0.135. The Labute approximate surface area is 176 Å². The minimum Gasteiger partial charge on any atom is -0.378 e. The quantitative estimate of drug-likeness (QED) is 0.676. The standard InChI is InChI=1S/C21H29N5O2S/c1-3-26-20(25-11-13-28-14-12-25)22-23-21(26)29-15-19(27)24(2)18-10-6-8-16-7-4-5-9-17(16)18/h4-5,7,9,18H,3,6,8,10-15H2,1-2H3/t18-/m1/s1. The first-order valence-electron chi connectivity index (χ1n) is 10.4. The highest BCUT2D eigenvalue weighted by Crippen LogP contribution is 2.34. The lowest BCUT2D eigenvalue weighted by Gasteiger charge is -2.33. The number of fused-ring (bicyclic) bond motifs is 1. The maximum absolute atomic E-state index is 13.0. The van der Waals surface area contributed by atoms with E-state index in [0.29, 0.717) is 19.0 Å². The predicted octanol–water partition coefficient (Wildman–Crippen LogP) is 2.76. The number of morpholine rings is 1. The van der Waals surface area contributed by atoms with Crippen LogP contribution >= 0.6 is 11.8 Å². The van der Waals surface area contributed by atoms with Crippen molar-refractivity contribution in [1.29, 1.82) is 0 Å². The van der Waals surface area contributed by atoms with E-state index in [2.05, 4.69) is 50.9 Å². The van der Waals surface area contributed by atoms with Gasteiger partial charge in [0.05, 0.1) is 25.0 Å². The Kier molecular flexibility index (Phi) is 6.40. The maximum Gasteiger partial charge on any atom is 0.233 e. The lowest BCUT2D eigenvalue weighted by Crippen LogP contribution is -2.38. The number of benzene rings is 1. The van der Waals surface area contributed by atoms with Crippen LogP contribution in [0.5, 0.6) is 0 Å². The van der Waals surface area contributed by atoms with Gasteiger partial charge in [-0.2, -0.15) is 0 Å². The van der Waals surface area contributed by atoms with Crippen LogP contribution < -0.4 is 4.90 Å². The van der Waals surface area contributed by atoms with Crippen molar-refractivity contribution in [2.24, 2.45) is 0 Å². The van der Waals surface area contributed by atoms with Gasteiger partial charge in [-0.25, -0.2) is 0 Å². The first kappa shape index (κ1) is 20.2. The molecule has 1 fully saturated rings. The van der Waals surface area contributed by atoms with E-state index in [4.69, 9.17) is 4.74 Å². The number of nitrogens with zero attached hydrogens (tertiary/aromatic N) is 5. The topological polar surface area (TPSA) is 63.5 Å². The molecular weight excluding hydrogens is 386 g/mol. The zero-order valence-corrected chi connectivity index (χ0v) is 18.0. The van der Waals surface area contributed by atoms with E-state index in [1.54, 1.807) is 0 Å². The number of aryl methyl sites for hydroxylation is 1. The average Bonchev–Trinajstić information content (AvgIpc) is 3.20. The molecule has 0 unspecified atom stereocenters. The summed E-state index contributed by atoms with van der Waals surface area (Å²) >= 11 is 1.48. The van der Waals surface area contributed by atoms with E-state index in [9.17, 15) is 4.79 Å². The third-order valence-electron chi connectivity index (χ3n) is 5.83. The van der Waals surface area contributed by atoms with Gasteiger partial charge in [-0.3, -0.25) is 9.36 Å². The van der Waals surface area contributed by atoms with Crippen LogP contribution in [0, 0.1) is 0 Å². The van der Waals surface area contributed by atoms with Gasteiger partial charge in [0.15, 0.2) is 5.16 Å². The number of aromatic nitrogens is 3. The Hall–Kier alpha value is -2.06. The molecule has 156 valence electrons. The summed E-state index contributed by atoms with van der Waals surface area (Å²) in [5.74, 6) is 1.38. The molecule has 1 atom stereocenters. The van der Waals surface area contributed by atoms with Crippen LogP contribution in [0.4, 0.5) is 5.95 Å². The van der Waals surface area contributed by atoms with E-state index in [0.717, 1.165) is 50.0 Å². The summed E-state index contributed by atoms with van der Waals surface area (Å²) in [6.45, 7) is 5.94. The van der Waals surface area contributed by atoms with Gasteiger partial charge >= 0.3 is 0 Å². The van der Waals surface area contributed by atoms with E-state index < -0.39 is 0 Å². The van der Waals surface area contributed by atoms with Crippen LogP contribution in [0.15, 0.2) is 29.4 Å². The van der Waals surface area contributed by atoms with Crippen molar-refractivity contribution >= 4 is 23.6 Å². The SMILES string of the molecule is CCn1c(SCC(=O)N(C)[C@@H]2CCCc3ccccc32)nnc1N1CCOCC1. The van der Waals surface area contributed by atoms with Gasteiger partial charge in [0, 0.05) is 26.7 Å². The third-order valence-corrected chi connectivity index (χ3v) is 6.78. The highest BCUT2D eigenvalue weighted by atomic mass is 32.2. The molecular formula is C21H29N5O2S. The average molecular weight is 416 g/mol. The molecule has 2 aromatic rings. The van der Waals surface area contributed by atoms with E-state index >= 15 is 0 Å². The van der Waals surface area contributed by atoms with Crippen molar-refractivity contribution in [2.45, 2.75) is 43.9 Å². The molecule has 2 aliphatic rings. The molecule has 1 aliphatic heterocycles. The van der Waals surface area contributed by atoms with Gasteiger partial charge in [-0.1, -0.05) is 36.0 Å². The summed E-state index contributed by atoms with van der Waals surface area (Å²) in [7, 11) is 1.93. The van der Waals surface area contributed by atoms with Gasteiger partial charge < -0.3 is 14.5 Å². The number of rotatable bonds is 6. The van der Waals surface area contributed by atoms with Gasteiger partial charge in [-0.05, 0) is 37.3 Å². The van der Waals surface area contributed by atoms with Gasteiger partial charge in [-0.15, -0.1) is 10.2 Å². The molecule has 0 bridgehead atoms. The molecule has 2 heterocycles. The Morgan fingerprint density at radius 1 is 1.28 bits per heavy atom. The summed E-state index contributed by atoms with van der Waals surface area (Å²) in [4.78, 5) is 17.1. The fraction of sp³-hybridized carbons (Fsp3) is 0.571. The summed E-state index contributed by atoms with van der Waals surface area (Å²) in [6.07, 6.45) is 3.25. The number of thioether (sulfide) groups is 1. The number of hydrogen-bond acceptors (Lipinski definition) is 6. The first-order chi connectivity index (χ1) is 14.2. The molecule has 0 N–H and O–H groups in total. The number of carbonyl (C=O) groups excluding carboxylic acids is 1. The number of hydrogen-bond donors (Lipinski definition) is 0. The highest BCUT2D eigenvalue weighted by molar-refractivity contribution is 7.99. The Balaban J connectivity index is 1.42. The van der Waals surface area contributed by atoms with E-state index in [1.807, 2.05) is 11.9 Å². The van der Waals surface area contributed by atoms with Crippen LogP contribution in [0.25, 0.3) is 0 Å². The molecule has 1 saturated heterocycles. The predicted molar refractivity (Wildman–Crippen MR) is 114 cm³/mol. The molecule has 1 amide bonds. The number of amides is 1. The Bertz CT molecular complexity index is 849. The number of carbonyl (C=O) groups is 1. The molecule has 8 heteroatoms. The monoisotopic (exact) mass is 415 g/mol. The minimum atomic E-state index is 0.135. The summed E-state index contributed by atoms with van der Waals surface area (Å²) < 4.78 is 7.53. The maximum atomic E-state index is 13.0. The lowest BCUT2D eigenvalue weighted by atomic mass is 9.87. The van der Waals surface area contributed by atoms with Gasteiger partial charge in [0.1, 0.15) is 0 Å². The fourth-order valence-corrected chi connectivity index (χ4v) is 5.12. The van der Waals surface area contributed by atoms with E-state index in [1.165, 1.54) is 22.9 Å². The molecule has 0 radical (unpaired) electrons. The number of anilines is 1. The zero-order valence-electron chi connectivity index (χ0n) is 17.2. The zero-order chi connectivity index (χ0) is 20.2. The van der Waals surface area contributed by atoms with Crippen molar-refractivity contribution in [3.05, 3.63) is 35.4 Å². The van der Waals surface area contributed by atoms with Crippen molar-refractivity contribution < 1.29 is 9.53 Å². The highest BCUT2D eigenvalue weighted by Gasteiger charge is 2.27. The van der Waals surface area contributed by atoms with Crippen LogP contribution in [-0.2, 0) is 22.5 Å². The fourth-order valence-electron chi connectivity index (χ4n) is 4.19. The van der Waals surface area contributed by atoms with E-state index in [-0.39, 0.29) is 11.9 Å². The summed E-state index contributed by atoms with van der Waals surface area (Å²) in [5.41, 5.74) is 2.67. The van der Waals surface area contributed by atoms with Crippen LogP contribution in [0.1, 0.15) is 36.9 Å². The normalized spacial score (nSPS) is 19.1. The molecule has 1 aliphatic carbocycles. The van der Waals surface area contributed by atoms with Crippen molar-refractivity contribution in [3.63, 3.8) is 0 Å². The van der Waals surface area contributed by atoms with Crippen molar-refractivity contribution in [3.8, 4) is 0 Å². The Morgan fingerprint density at radius 3 is 2.86 bits per heavy atom. The molecule has 1 aromatic carbocycles. The largest absolute Gasteiger partial charge is 0.378 e. The summed E-state index contributed by atoms with van der Waals surface area (Å²) in [6, 6.07) is 8.68. The van der Waals surface area contributed by atoms with Crippen LogP contribution in [-0.4, -0.2) is 64.7 Å². The molecule has 7 nitrogen and oxygen atoms in total. The van der Waals surface area contributed by atoms with Gasteiger partial charge in [0.2, 0.25) is 11.9 Å². The third kappa shape index (κ3) is 4.28. The van der Waals surface area contributed by atoms with Crippen molar-refractivity contribution in [2.75, 3.05) is 44.0 Å². The first-order valence-corrected chi connectivity index (χ1v) is 11.4. The van der Waals surface area contributed by atoms with Crippen LogP contribution in [0.2, 0.25) is 0 Å². The molecule has 1 aromatic heterocycles. The second-order valence-corrected chi connectivity index (χ2v) is 8.47. The second kappa shape index (κ2) is 9.17. The molecule has 29 heavy (non-hydrogen) atoms. The molecule has 0 spiro atoms. The van der Waals surface area contributed by atoms with Gasteiger partial charge in [0.25, 0.3) is 0 Å². The summed E-state index contributed by atoms with van der Waals surface area (Å²) in [5, 5.41) is 9.56. The lowest BCUT2D eigenvalue weighted by molar-refractivity contribution is -0.129. The van der Waals surface area contributed by atoms with Crippen LogP contribution in [0.3, 0.4) is 0 Å². The molecule has 0 saturated carbocycles. The number of ether oxygens (including phenoxy) is 1. The Morgan fingerprint density at radius 2 is 2.07 bits per heavy atom. The molecule has 4 rings (SSSR count). The smallest absolute Gasteiger partial charge is 0.233 e.